The highest BCUT2D eigenvalue weighted by Gasteiger charge is 2.28. The Morgan fingerprint density at radius 1 is 0.491 bits per heavy atom. The highest BCUT2D eigenvalue weighted by atomic mass is 16.3. The molecular formula is C54H36N2O. The molecule has 3 nitrogen and oxygen atoms in total. The molecule has 0 saturated heterocycles. The zero-order chi connectivity index (χ0) is 37.9. The quantitative estimate of drug-likeness (QED) is 0.173. The Labute approximate surface area is 330 Å². The molecule has 0 bridgehead atoms. The van der Waals surface area contributed by atoms with Crippen molar-refractivity contribution in [2.75, 3.05) is 0 Å². The van der Waals surface area contributed by atoms with Gasteiger partial charge in [0.25, 0.3) is 0 Å². The van der Waals surface area contributed by atoms with Crippen LogP contribution in [0.4, 0.5) is 0 Å². The molecule has 1 unspecified atom stereocenters. The van der Waals surface area contributed by atoms with E-state index in [9.17, 15) is 0 Å². The maximum absolute atomic E-state index is 6.75. The maximum atomic E-state index is 6.75. The number of rotatable bonds is 6. The lowest BCUT2D eigenvalue weighted by molar-refractivity contribution is 0.667. The van der Waals surface area contributed by atoms with E-state index >= 15 is 0 Å². The normalized spacial score (nSPS) is 14.2. The summed E-state index contributed by atoms with van der Waals surface area (Å²) in [6.07, 6.45) is 0. The second-order valence-electron chi connectivity index (χ2n) is 14.7. The van der Waals surface area contributed by atoms with Crippen LogP contribution in [0.25, 0.3) is 83.0 Å². The van der Waals surface area contributed by atoms with Crippen LogP contribution in [-0.4, -0.2) is 4.57 Å². The summed E-state index contributed by atoms with van der Waals surface area (Å²) in [6, 6.07) is 68.4. The van der Waals surface area contributed by atoms with Crippen molar-refractivity contribution in [2.24, 2.45) is 0 Å². The molecule has 0 radical (unpaired) electrons. The second-order valence-corrected chi connectivity index (χ2v) is 14.7. The molecule has 0 amide bonds. The summed E-state index contributed by atoms with van der Waals surface area (Å²) in [7, 11) is 0. The fourth-order valence-corrected chi connectivity index (χ4v) is 8.74. The minimum absolute atomic E-state index is 0.219. The molecule has 11 rings (SSSR count). The molecule has 0 saturated carbocycles. The highest BCUT2D eigenvalue weighted by Crippen LogP contribution is 2.44. The summed E-state index contributed by atoms with van der Waals surface area (Å²) in [5, 5.41) is 8.47. The average molecular weight is 729 g/mol. The van der Waals surface area contributed by atoms with Gasteiger partial charge in [0, 0.05) is 44.4 Å². The molecule has 1 N–H and O–H groups in total. The van der Waals surface area contributed by atoms with Gasteiger partial charge >= 0.3 is 0 Å². The molecule has 0 fully saturated rings. The van der Waals surface area contributed by atoms with Crippen LogP contribution in [0, 0.1) is 0 Å². The molecule has 1 atom stereocenters. The SMILES string of the molecule is C=C1C(c2ccc(-c3ccccc3)cc2)=C=C(c2ccccc2)NC1c1cccc2oc3cc(-n4c5ccccc5c5c(-c6ccccc6)cccc54)ccc3c12. The zero-order valence-corrected chi connectivity index (χ0v) is 31.1. The largest absolute Gasteiger partial charge is 0.456 e. The molecule has 2 aromatic heterocycles. The number of para-hydroxylation sites is 1. The predicted octanol–water partition coefficient (Wildman–Crippen LogP) is 13.9. The molecule has 0 spiro atoms. The summed E-state index contributed by atoms with van der Waals surface area (Å²) < 4.78 is 9.12. The van der Waals surface area contributed by atoms with Gasteiger partial charge in [-0.1, -0.05) is 170 Å². The first kappa shape index (κ1) is 32.8. The van der Waals surface area contributed by atoms with E-state index in [-0.39, 0.29) is 6.04 Å². The van der Waals surface area contributed by atoms with Crippen LogP contribution in [0.1, 0.15) is 22.7 Å². The molecule has 0 aliphatic carbocycles. The van der Waals surface area contributed by atoms with Crippen molar-refractivity contribution in [3.8, 4) is 27.9 Å². The number of nitrogens with zero attached hydrogens (tertiary/aromatic N) is 1. The van der Waals surface area contributed by atoms with E-state index in [0.717, 1.165) is 72.2 Å². The van der Waals surface area contributed by atoms with Gasteiger partial charge in [-0.15, -0.1) is 0 Å². The van der Waals surface area contributed by atoms with Gasteiger partial charge in [0.15, 0.2) is 0 Å². The first-order valence-electron chi connectivity index (χ1n) is 19.4. The van der Waals surface area contributed by atoms with Crippen LogP contribution in [-0.2, 0) is 0 Å². The number of hydrogen-bond donors (Lipinski definition) is 1. The summed E-state index contributed by atoms with van der Waals surface area (Å²) in [5.41, 5.74) is 19.7. The number of nitrogens with one attached hydrogen (secondary N) is 1. The van der Waals surface area contributed by atoms with Crippen molar-refractivity contribution in [3.05, 3.63) is 229 Å². The summed E-state index contributed by atoms with van der Waals surface area (Å²) in [6.45, 7) is 4.74. The Kier molecular flexibility index (Phi) is 7.67. The number of aromatic nitrogens is 1. The third-order valence-electron chi connectivity index (χ3n) is 11.4. The van der Waals surface area contributed by atoms with Gasteiger partial charge in [-0.3, -0.25) is 0 Å². The highest BCUT2D eigenvalue weighted by molar-refractivity contribution is 6.16. The fraction of sp³-hybridized carbons (Fsp3) is 0.0185. The van der Waals surface area contributed by atoms with Gasteiger partial charge in [-0.2, -0.15) is 0 Å². The Morgan fingerprint density at radius 3 is 1.89 bits per heavy atom. The van der Waals surface area contributed by atoms with Crippen molar-refractivity contribution < 1.29 is 4.42 Å². The van der Waals surface area contributed by atoms with Gasteiger partial charge in [0.1, 0.15) is 11.2 Å². The number of benzene rings is 8. The van der Waals surface area contributed by atoms with Gasteiger partial charge in [-0.05, 0) is 69.3 Å². The van der Waals surface area contributed by atoms with Crippen LogP contribution in [0.3, 0.4) is 0 Å². The third kappa shape index (κ3) is 5.45. The number of hydrogen-bond acceptors (Lipinski definition) is 2. The molecule has 1 aliphatic rings. The first-order valence-corrected chi connectivity index (χ1v) is 19.4. The van der Waals surface area contributed by atoms with Crippen molar-refractivity contribution >= 4 is 55.0 Å². The van der Waals surface area contributed by atoms with Crippen molar-refractivity contribution in [1.29, 1.82) is 0 Å². The maximum Gasteiger partial charge on any atom is 0.137 e. The molecule has 10 aromatic rings. The number of furan rings is 1. The summed E-state index contributed by atoms with van der Waals surface area (Å²) >= 11 is 0. The smallest absolute Gasteiger partial charge is 0.137 e. The van der Waals surface area contributed by atoms with Crippen LogP contribution in [0.2, 0.25) is 0 Å². The van der Waals surface area contributed by atoms with E-state index in [1.165, 1.54) is 33.0 Å². The molecule has 3 heterocycles. The lowest BCUT2D eigenvalue weighted by atomic mass is 9.85. The van der Waals surface area contributed by atoms with E-state index in [2.05, 4.69) is 198 Å². The van der Waals surface area contributed by atoms with E-state index in [1.807, 2.05) is 12.1 Å². The van der Waals surface area contributed by atoms with Crippen LogP contribution in [0.15, 0.2) is 216 Å². The van der Waals surface area contributed by atoms with Gasteiger partial charge in [-0.25, -0.2) is 0 Å². The second kappa shape index (κ2) is 13.3. The standard InChI is InChI=1S/C54H36N2O/c1-35-46(39-29-27-37(28-30-39)36-15-5-2-6-16-36)34-47(40-19-9-4-10-20-40)55-54(35)45-23-14-26-50-53(45)44-32-31-41(33-51(44)57-50)56-48-24-12-11-21-43(48)52-42(22-13-25-49(52)56)38-17-7-3-8-18-38/h2-33,54-55H,1H2. The van der Waals surface area contributed by atoms with Crippen molar-refractivity contribution in [1.82, 2.24) is 9.88 Å². The Bertz CT molecular complexity index is 3230. The predicted molar refractivity (Wildman–Crippen MR) is 237 cm³/mol. The van der Waals surface area contributed by atoms with Crippen molar-refractivity contribution in [2.45, 2.75) is 6.04 Å². The van der Waals surface area contributed by atoms with E-state index in [1.54, 1.807) is 0 Å². The van der Waals surface area contributed by atoms with Crippen LogP contribution < -0.4 is 5.32 Å². The topological polar surface area (TPSA) is 30.1 Å². The van der Waals surface area contributed by atoms with E-state index in [4.69, 9.17) is 11.0 Å². The van der Waals surface area contributed by atoms with Gasteiger partial charge in [0.05, 0.1) is 22.8 Å². The molecular weight excluding hydrogens is 693 g/mol. The zero-order valence-electron chi connectivity index (χ0n) is 31.1. The first-order chi connectivity index (χ1) is 28.2. The Balaban J connectivity index is 1.04. The van der Waals surface area contributed by atoms with E-state index < -0.39 is 0 Å². The fourth-order valence-electron chi connectivity index (χ4n) is 8.74. The molecule has 3 heteroatoms. The van der Waals surface area contributed by atoms with Crippen molar-refractivity contribution in [3.63, 3.8) is 0 Å². The average Bonchev–Trinajstić information content (AvgIpc) is 3.83. The minimum atomic E-state index is -0.219. The Morgan fingerprint density at radius 2 is 1.12 bits per heavy atom. The Hall–Kier alpha value is -7.58. The molecule has 268 valence electrons. The van der Waals surface area contributed by atoms with Crippen LogP contribution >= 0.6 is 0 Å². The van der Waals surface area contributed by atoms with E-state index in [0.29, 0.717) is 0 Å². The molecule has 1 aliphatic heterocycles. The monoisotopic (exact) mass is 728 g/mol. The summed E-state index contributed by atoms with van der Waals surface area (Å²) in [5.74, 6) is 0. The lowest BCUT2D eigenvalue weighted by Crippen LogP contribution is -2.25. The molecule has 8 aromatic carbocycles. The van der Waals surface area contributed by atoms with Gasteiger partial charge in [0.2, 0.25) is 0 Å². The number of fused-ring (bicyclic) bond motifs is 6. The third-order valence-corrected chi connectivity index (χ3v) is 11.4. The van der Waals surface area contributed by atoms with Gasteiger partial charge < -0.3 is 14.3 Å². The van der Waals surface area contributed by atoms with Crippen LogP contribution in [0.5, 0.6) is 0 Å². The lowest BCUT2D eigenvalue weighted by Gasteiger charge is -2.29. The molecule has 57 heavy (non-hydrogen) atoms. The minimum Gasteiger partial charge on any atom is -0.456 e. The summed E-state index contributed by atoms with van der Waals surface area (Å²) in [4.78, 5) is 0.